The minimum Gasteiger partial charge on any atom is -0.236 e. The largest absolute Gasteiger partial charge is 0.236 e. The fraction of sp³-hybridized carbons (Fsp3) is 0.625. The van der Waals surface area contributed by atoms with E-state index in [1.54, 1.807) is 0 Å². The molecule has 0 aromatic carbocycles. The summed E-state index contributed by atoms with van der Waals surface area (Å²) >= 11 is 0. The first-order valence-electron chi connectivity index (χ1n) is 3.58. The lowest BCUT2D eigenvalue weighted by Gasteiger charge is -2.03. The van der Waals surface area contributed by atoms with Gasteiger partial charge in [0.15, 0.2) is 6.21 Å². The molecule has 0 bridgehead atoms. The van der Waals surface area contributed by atoms with Crippen molar-refractivity contribution >= 4 is 6.21 Å². The molecule has 0 N–H and O–H groups in total. The maximum atomic E-state index is 2.34. The summed E-state index contributed by atoms with van der Waals surface area (Å²) in [6.45, 7) is 6.69. The van der Waals surface area contributed by atoms with Crippen molar-refractivity contribution in [3.8, 4) is 0 Å². The van der Waals surface area contributed by atoms with Gasteiger partial charge in [-0.05, 0) is 13.8 Å². The molecule has 1 rings (SSSR count). The topological polar surface area (TPSA) is 3.01 Å². The zero-order valence-electron chi connectivity index (χ0n) is 6.22. The van der Waals surface area contributed by atoms with Gasteiger partial charge < -0.3 is 0 Å². The van der Waals surface area contributed by atoms with E-state index < -0.39 is 0 Å². The summed E-state index contributed by atoms with van der Waals surface area (Å²) in [5, 5.41) is 0. The number of hydrogen-bond acceptors (Lipinski definition) is 0. The van der Waals surface area contributed by atoms with Crippen LogP contribution in [0, 0.1) is 0 Å². The maximum Gasteiger partial charge on any atom is 0.165 e. The lowest BCUT2D eigenvalue weighted by molar-refractivity contribution is -0.519. The van der Waals surface area contributed by atoms with Crippen LogP contribution in [-0.2, 0) is 0 Å². The van der Waals surface area contributed by atoms with E-state index >= 15 is 0 Å². The Kier molecular flexibility index (Phi) is 2.04. The van der Waals surface area contributed by atoms with E-state index in [0.717, 1.165) is 6.54 Å². The van der Waals surface area contributed by atoms with E-state index in [2.05, 4.69) is 30.7 Å². The molecule has 0 aromatic heterocycles. The molecule has 0 radical (unpaired) electrons. The zero-order valence-corrected chi connectivity index (χ0v) is 6.22. The summed E-state index contributed by atoms with van der Waals surface area (Å²) in [5.74, 6) is 0. The third kappa shape index (κ3) is 1.67. The Balaban J connectivity index is 2.63. The van der Waals surface area contributed by atoms with Crippen LogP contribution in [-0.4, -0.2) is 23.9 Å². The highest BCUT2D eigenvalue weighted by Crippen LogP contribution is 1.98. The second-order valence-electron chi connectivity index (χ2n) is 2.49. The van der Waals surface area contributed by atoms with Crippen LogP contribution in [0.1, 0.15) is 20.3 Å². The van der Waals surface area contributed by atoms with Gasteiger partial charge in [-0.15, -0.1) is 0 Å². The van der Waals surface area contributed by atoms with Crippen LogP contribution in [0.5, 0.6) is 0 Å². The van der Waals surface area contributed by atoms with E-state index in [4.69, 9.17) is 0 Å². The quantitative estimate of drug-likeness (QED) is 0.465. The Morgan fingerprint density at radius 3 is 2.89 bits per heavy atom. The van der Waals surface area contributed by atoms with Gasteiger partial charge in [-0.25, -0.2) is 4.58 Å². The van der Waals surface area contributed by atoms with Crippen molar-refractivity contribution in [2.45, 2.75) is 20.3 Å². The molecule has 0 amide bonds. The molecule has 1 heterocycles. The van der Waals surface area contributed by atoms with Crippen molar-refractivity contribution in [3.63, 3.8) is 0 Å². The maximum absolute atomic E-state index is 2.34. The Hall–Kier alpha value is -0.590. The molecule has 50 valence electrons. The minimum atomic E-state index is 1.14. The molecule has 1 aliphatic rings. The summed E-state index contributed by atoms with van der Waals surface area (Å²) in [7, 11) is 0. The molecular weight excluding hydrogens is 110 g/mol. The predicted octanol–water partition coefficient (Wildman–Crippen LogP) is 1.44. The van der Waals surface area contributed by atoms with E-state index in [1.165, 1.54) is 18.5 Å². The van der Waals surface area contributed by atoms with E-state index in [9.17, 15) is 0 Å². The zero-order chi connectivity index (χ0) is 6.69. The molecule has 0 saturated heterocycles. The molecule has 0 aliphatic carbocycles. The van der Waals surface area contributed by atoms with E-state index in [1.807, 2.05) is 0 Å². The summed E-state index contributed by atoms with van der Waals surface area (Å²) in [4.78, 5) is 0. The molecule has 1 nitrogen and oxygen atoms in total. The molecule has 0 unspecified atom stereocenters. The Labute approximate surface area is 56.7 Å². The van der Waals surface area contributed by atoms with Crippen LogP contribution in [0.3, 0.4) is 0 Å². The molecule has 9 heavy (non-hydrogen) atoms. The van der Waals surface area contributed by atoms with Gasteiger partial charge >= 0.3 is 0 Å². The molecule has 1 aliphatic heterocycles. The summed E-state index contributed by atoms with van der Waals surface area (Å²) in [6, 6.07) is 0. The summed E-state index contributed by atoms with van der Waals surface area (Å²) in [6.07, 6.45) is 5.73. The monoisotopic (exact) mass is 124 g/mol. The molecule has 0 atom stereocenters. The summed E-state index contributed by atoms with van der Waals surface area (Å²) < 4.78 is 2.34. The molecular formula is C8H14N+. The van der Waals surface area contributed by atoms with Crippen LogP contribution in [0.15, 0.2) is 11.6 Å². The second kappa shape index (κ2) is 2.81. The van der Waals surface area contributed by atoms with Crippen molar-refractivity contribution in [1.82, 2.24) is 0 Å². The highest BCUT2D eigenvalue weighted by molar-refractivity contribution is 5.73. The van der Waals surface area contributed by atoms with Gasteiger partial charge in [-0.1, -0.05) is 6.08 Å². The summed E-state index contributed by atoms with van der Waals surface area (Å²) in [5.41, 5.74) is 1.41. The first-order valence-corrected chi connectivity index (χ1v) is 3.58. The van der Waals surface area contributed by atoms with Crippen LogP contribution in [0.2, 0.25) is 0 Å². The first kappa shape index (κ1) is 6.53. The average Bonchev–Trinajstić information content (AvgIpc) is 1.88. The number of rotatable bonds is 1. The highest BCUT2D eigenvalue weighted by Gasteiger charge is 2.04. The Bertz CT molecular complexity index is 154. The first-order chi connectivity index (χ1) is 4.33. The molecule has 0 saturated carbocycles. The molecule has 1 heteroatoms. The van der Waals surface area contributed by atoms with Gasteiger partial charge in [0, 0.05) is 12.0 Å². The van der Waals surface area contributed by atoms with E-state index in [-0.39, 0.29) is 0 Å². The second-order valence-corrected chi connectivity index (χ2v) is 2.49. The number of hydrogen-bond donors (Lipinski definition) is 0. The fourth-order valence-corrected chi connectivity index (χ4v) is 1.11. The molecule has 0 spiro atoms. The van der Waals surface area contributed by atoms with E-state index in [0.29, 0.717) is 0 Å². The fourth-order valence-electron chi connectivity index (χ4n) is 1.11. The third-order valence-corrected chi connectivity index (χ3v) is 1.68. The average molecular weight is 124 g/mol. The van der Waals surface area contributed by atoms with Crippen LogP contribution < -0.4 is 0 Å². The van der Waals surface area contributed by atoms with Gasteiger partial charge in [0.05, 0.1) is 0 Å². The van der Waals surface area contributed by atoms with Gasteiger partial charge in [0.1, 0.15) is 13.1 Å². The van der Waals surface area contributed by atoms with Crippen molar-refractivity contribution in [2.75, 3.05) is 13.1 Å². The Morgan fingerprint density at radius 1 is 1.67 bits per heavy atom. The van der Waals surface area contributed by atoms with Gasteiger partial charge in [0.25, 0.3) is 0 Å². The van der Waals surface area contributed by atoms with Crippen molar-refractivity contribution in [1.29, 1.82) is 0 Å². The predicted molar refractivity (Wildman–Crippen MR) is 40.1 cm³/mol. The highest BCUT2D eigenvalue weighted by atomic mass is 15.0. The minimum absolute atomic E-state index is 1.14. The third-order valence-electron chi connectivity index (χ3n) is 1.68. The normalized spacial score (nSPS) is 18.9. The van der Waals surface area contributed by atoms with Crippen molar-refractivity contribution < 1.29 is 4.58 Å². The van der Waals surface area contributed by atoms with Gasteiger partial charge in [0.2, 0.25) is 0 Å². The SMILES string of the molecule is CC[N+]1=CC(C)=CCC1. The van der Waals surface area contributed by atoms with Crippen LogP contribution in [0.4, 0.5) is 0 Å². The Morgan fingerprint density at radius 2 is 2.44 bits per heavy atom. The van der Waals surface area contributed by atoms with Gasteiger partial charge in [-0.3, -0.25) is 0 Å². The van der Waals surface area contributed by atoms with Crippen LogP contribution in [0.25, 0.3) is 0 Å². The molecule has 0 fully saturated rings. The van der Waals surface area contributed by atoms with Gasteiger partial charge in [-0.2, -0.15) is 0 Å². The van der Waals surface area contributed by atoms with Crippen LogP contribution >= 0.6 is 0 Å². The number of allylic oxidation sites excluding steroid dienone is 1. The van der Waals surface area contributed by atoms with Crippen molar-refractivity contribution in [3.05, 3.63) is 11.6 Å². The number of nitrogens with zero attached hydrogens (tertiary/aromatic N) is 1. The van der Waals surface area contributed by atoms with Crippen molar-refractivity contribution in [2.24, 2.45) is 0 Å². The lowest BCUT2D eigenvalue weighted by Crippen LogP contribution is -2.17. The standard InChI is InChI=1S/C8H14N/c1-3-9-6-4-5-8(2)7-9/h5,7H,3-4,6H2,1-2H3/q+1. The lowest BCUT2D eigenvalue weighted by atomic mass is 10.2. The smallest absolute Gasteiger partial charge is 0.165 e. The molecule has 0 aromatic rings.